The molecule has 1 amide bonds. The Kier molecular flexibility index (Phi) is 6.16. The summed E-state index contributed by atoms with van der Waals surface area (Å²) in [5, 5.41) is 28.0. The number of benzene rings is 1. The number of aromatic amines is 1. The molecule has 4 atom stereocenters. The van der Waals surface area contributed by atoms with Crippen molar-refractivity contribution in [3.63, 3.8) is 0 Å². The van der Waals surface area contributed by atoms with Crippen LogP contribution in [0.5, 0.6) is 0 Å². The van der Waals surface area contributed by atoms with Crippen LogP contribution in [0.15, 0.2) is 16.9 Å². The van der Waals surface area contributed by atoms with E-state index in [2.05, 4.69) is 27.0 Å². The van der Waals surface area contributed by atoms with Crippen LogP contribution in [0.4, 0.5) is 4.39 Å². The fourth-order valence-electron chi connectivity index (χ4n) is 4.07. The molecule has 3 rings (SSSR count). The molecule has 1 aromatic carbocycles. The number of amides is 1. The minimum atomic E-state index is -0.676. The normalized spacial score (nSPS) is 22.1. The molecule has 0 bridgehead atoms. The van der Waals surface area contributed by atoms with Gasteiger partial charge in [-0.3, -0.25) is 14.9 Å². The lowest BCUT2D eigenvalue weighted by molar-refractivity contribution is -0.121. The fourth-order valence-corrected chi connectivity index (χ4v) is 4.07. The van der Waals surface area contributed by atoms with Crippen LogP contribution in [0.2, 0.25) is 0 Å². The molecule has 0 spiro atoms. The molecule has 0 aliphatic carbocycles. The Morgan fingerprint density at radius 3 is 2.77 bits per heavy atom. The first-order chi connectivity index (χ1) is 14.3. The molecule has 9 heteroatoms. The van der Waals surface area contributed by atoms with Gasteiger partial charge in [-0.15, -0.1) is 0 Å². The Bertz CT molecular complexity index is 1130. The van der Waals surface area contributed by atoms with E-state index in [1.54, 1.807) is 6.92 Å². The van der Waals surface area contributed by atoms with Gasteiger partial charge in [0.25, 0.3) is 5.56 Å². The zero-order chi connectivity index (χ0) is 22.0. The lowest BCUT2D eigenvalue weighted by Crippen LogP contribution is -2.65. The number of nitrogens with one attached hydrogen (secondary N) is 4. The van der Waals surface area contributed by atoms with E-state index in [0.29, 0.717) is 23.0 Å². The van der Waals surface area contributed by atoms with E-state index in [1.165, 1.54) is 6.07 Å². The van der Waals surface area contributed by atoms with Gasteiger partial charge in [-0.1, -0.05) is 0 Å². The van der Waals surface area contributed by atoms with Crippen molar-refractivity contribution < 1.29 is 9.18 Å². The molecule has 30 heavy (non-hydrogen) atoms. The predicted molar refractivity (Wildman–Crippen MR) is 109 cm³/mol. The van der Waals surface area contributed by atoms with Gasteiger partial charge >= 0.3 is 0 Å². The van der Waals surface area contributed by atoms with Gasteiger partial charge in [0.05, 0.1) is 23.6 Å². The molecular weight excluding hydrogens is 387 g/mol. The number of hydrogen-bond acceptors (Lipinski definition) is 6. The zero-order valence-electron chi connectivity index (χ0n) is 17.0. The molecular formula is C21H23FN6O2. The summed E-state index contributed by atoms with van der Waals surface area (Å²) in [5.74, 6) is -1.04. The van der Waals surface area contributed by atoms with Crippen molar-refractivity contribution >= 4 is 16.8 Å². The van der Waals surface area contributed by atoms with Crippen LogP contribution in [-0.4, -0.2) is 41.6 Å². The summed E-state index contributed by atoms with van der Waals surface area (Å²) in [4.78, 5) is 27.8. The van der Waals surface area contributed by atoms with E-state index < -0.39 is 11.4 Å². The van der Waals surface area contributed by atoms with Crippen molar-refractivity contribution in [1.29, 1.82) is 10.5 Å². The topological polar surface area (TPSA) is 134 Å². The first-order valence-electron chi connectivity index (χ1n) is 9.69. The molecule has 0 radical (unpaired) electrons. The highest BCUT2D eigenvalue weighted by atomic mass is 19.1. The van der Waals surface area contributed by atoms with Gasteiger partial charge in [0.1, 0.15) is 17.9 Å². The number of hydrogen-bond donors (Lipinski definition) is 4. The minimum Gasteiger partial charge on any atom is -0.352 e. The summed E-state index contributed by atoms with van der Waals surface area (Å²) in [6, 6.07) is 5.86. The number of H-pyrrole nitrogens is 1. The number of piperazine rings is 1. The van der Waals surface area contributed by atoms with Gasteiger partial charge in [0.2, 0.25) is 5.91 Å². The third kappa shape index (κ3) is 4.04. The van der Waals surface area contributed by atoms with Crippen molar-refractivity contribution in [2.45, 2.75) is 51.4 Å². The number of halogens is 1. The van der Waals surface area contributed by atoms with Crippen molar-refractivity contribution in [1.82, 2.24) is 20.9 Å². The van der Waals surface area contributed by atoms with Gasteiger partial charge in [0, 0.05) is 35.6 Å². The molecule has 0 saturated carbocycles. The molecule has 1 saturated heterocycles. The number of aromatic nitrogens is 1. The van der Waals surface area contributed by atoms with E-state index in [1.807, 2.05) is 19.9 Å². The van der Waals surface area contributed by atoms with Gasteiger partial charge < -0.3 is 15.6 Å². The van der Waals surface area contributed by atoms with Crippen molar-refractivity contribution in [3.8, 4) is 12.1 Å². The number of nitriles is 2. The number of rotatable bonds is 4. The SMILES string of the molecule is Cc1c(CC(=O)N[C@H](C)C2NCC(C#N)NC2C)c(=O)[nH]c2ccc(F)c(C#N)c12. The van der Waals surface area contributed by atoms with Crippen molar-refractivity contribution in [2.75, 3.05) is 6.54 Å². The highest BCUT2D eigenvalue weighted by molar-refractivity contribution is 5.90. The Morgan fingerprint density at radius 2 is 2.13 bits per heavy atom. The first-order valence-corrected chi connectivity index (χ1v) is 9.69. The zero-order valence-corrected chi connectivity index (χ0v) is 17.0. The summed E-state index contributed by atoms with van der Waals surface area (Å²) >= 11 is 0. The average molecular weight is 410 g/mol. The van der Waals surface area contributed by atoms with Crippen LogP contribution < -0.4 is 21.5 Å². The maximum absolute atomic E-state index is 14.0. The van der Waals surface area contributed by atoms with Crippen molar-refractivity contribution in [2.24, 2.45) is 0 Å². The van der Waals surface area contributed by atoms with Gasteiger partial charge in [0.15, 0.2) is 0 Å². The third-order valence-electron chi connectivity index (χ3n) is 5.60. The Morgan fingerprint density at radius 1 is 1.40 bits per heavy atom. The third-order valence-corrected chi connectivity index (χ3v) is 5.60. The Hall–Kier alpha value is -3.27. The maximum Gasteiger partial charge on any atom is 0.252 e. The monoisotopic (exact) mass is 410 g/mol. The number of fused-ring (bicyclic) bond motifs is 1. The summed E-state index contributed by atoms with van der Waals surface area (Å²) < 4.78 is 14.0. The fraction of sp³-hybridized carbons (Fsp3) is 0.429. The van der Waals surface area contributed by atoms with Crippen LogP contribution in [0, 0.1) is 35.4 Å². The Labute approximate surface area is 173 Å². The molecule has 1 aliphatic rings. The summed E-state index contributed by atoms with van der Waals surface area (Å²) in [6.07, 6.45) is -0.196. The molecule has 8 nitrogen and oxygen atoms in total. The second-order valence-corrected chi connectivity index (χ2v) is 7.62. The highest BCUT2D eigenvalue weighted by Crippen LogP contribution is 2.24. The quantitative estimate of drug-likeness (QED) is 0.587. The average Bonchev–Trinajstić information content (AvgIpc) is 2.71. The molecule has 1 aromatic heterocycles. The standard InChI is InChI=1S/C21H23FN6O2/c1-10-14(21(30)28-17-5-4-16(22)15(8-24)19(10)17)6-18(29)27-12(3)20-11(2)26-13(7-23)9-25-20/h4-5,11-13,20,25-26H,6,9H2,1-3H3,(H,27,29)(H,28,30)/t11?,12-,13?,20?/m1/s1. The second kappa shape index (κ2) is 8.62. The number of aryl methyl sites for hydroxylation is 1. The lowest BCUT2D eigenvalue weighted by Gasteiger charge is -2.37. The summed E-state index contributed by atoms with van der Waals surface area (Å²) in [5.41, 5.74) is 0.360. The highest BCUT2D eigenvalue weighted by Gasteiger charge is 2.31. The smallest absolute Gasteiger partial charge is 0.252 e. The largest absolute Gasteiger partial charge is 0.352 e. The van der Waals surface area contributed by atoms with Crippen molar-refractivity contribution in [3.05, 3.63) is 45.0 Å². The number of carbonyl (C=O) groups excluding carboxylic acids is 1. The van der Waals surface area contributed by atoms with Crippen LogP contribution in [-0.2, 0) is 11.2 Å². The van der Waals surface area contributed by atoms with Crippen LogP contribution in [0.25, 0.3) is 10.9 Å². The van der Waals surface area contributed by atoms with Crippen LogP contribution in [0.1, 0.15) is 30.5 Å². The summed E-state index contributed by atoms with van der Waals surface area (Å²) in [6.45, 7) is 5.86. The first kappa shape index (κ1) is 21.4. The molecule has 2 heterocycles. The molecule has 1 fully saturated rings. The lowest BCUT2D eigenvalue weighted by atomic mass is 9.96. The van der Waals surface area contributed by atoms with Gasteiger partial charge in [-0.05, 0) is 38.5 Å². The number of pyridine rings is 1. The predicted octanol–water partition coefficient (Wildman–Crippen LogP) is 0.737. The molecule has 1 aliphatic heterocycles. The van der Waals surface area contributed by atoms with E-state index in [4.69, 9.17) is 5.26 Å². The second-order valence-electron chi connectivity index (χ2n) is 7.62. The molecule has 4 N–H and O–H groups in total. The minimum absolute atomic E-state index is 0.0364. The van der Waals surface area contributed by atoms with Gasteiger partial charge in [-0.25, -0.2) is 4.39 Å². The van der Waals surface area contributed by atoms with E-state index in [0.717, 1.165) is 6.07 Å². The number of nitrogens with zero attached hydrogens (tertiary/aromatic N) is 2. The molecule has 2 aromatic rings. The molecule has 156 valence electrons. The van der Waals surface area contributed by atoms with Crippen LogP contribution >= 0.6 is 0 Å². The van der Waals surface area contributed by atoms with E-state index >= 15 is 0 Å². The summed E-state index contributed by atoms with van der Waals surface area (Å²) in [7, 11) is 0. The maximum atomic E-state index is 14.0. The van der Waals surface area contributed by atoms with E-state index in [9.17, 15) is 19.2 Å². The Balaban J connectivity index is 1.81. The number of carbonyl (C=O) groups is 1. The van der Waals surface area contributed by atoms with Crippen LogP contribution in [0.3, 0.4) is 0 Å². The van der Waals surface area contributed by atoms with E-state index in [-0.39, 0.29) is 47.6 Å². The van der Waals surface area contributed by atoms with Gasteiger partial charge in [-0.2, -0.15) is 10.5 Å². The molecule has 3 unspecified atom stereocenters.